The molecule has 0 aromatic heterocycles. The lowest BCUT2D eigenvalue weighted by molar-refractivity contribution is -0.167. The fraction of sp³-hybridized carbons (Fsp3) is 0.831. The Morgan fingerprint density at radius 3 is 0.887 bits per heavy atom. The summed E-state index contributed by atoms with van der Waals surface area (Å²) in [5.41, 5.74) is 0. The summed E-state index contributed by atoms with van der Waals surface area (Å²) in [6.07, 6.45) is 74.3. The quantitative estimate of drug-likeness (QED) is 0.0261. The van der Waals surface area contributed by atoms with E-state index in [0.29, 0.717) is 19.3 Å². The van der Waals surface area contributed by atoms with Crippen molar-refractivity contribution in [3.05, 3.63) is 48.6 Å². The van der Waals surface area contributed by atoms with E-state index in [2.05, 4.69) is 69.4 Å². The van der Waals surface area contributed by atoms with Gasteiger partial charge in [-0.2, -0.15) is 0 Å². The summed E-state index contributed by atoms with van der Waals surface area (Å²) in [6, 6.07) is 0. The van der Waals surface area contributed by atoms with Crippen LogP contribution in [0.2, 0.25) is 0 Å². The predicted octanol–water partition coefficient (Wildman–Crippen LogP) is 21.0. The summed E-state index contributed by atoms with van der Waals surface area (Å²) in [5, 5.41) is 0. The third-order valence-corrected chi connectivity index (χ3v) is 13.8. The van der Waals surface area contributed by atoms with Crippen molar-refractivity contribution in [3.63, 3.8) is 0 Å². The zero-order chi connectivity index (χ0) is 51.4. The summed E-state index contributed by atoms with van der Waals surface area (Å²) in [7, 11) is 0. The van der Waals surface area contributed by atoms with Crippen molar-refractivity contribution in [2.24, 2.45) is 0 Å². The van der Waals surface area contributed by atoms with Crippen LogP contribution in [0.3, 0.4) is 0 Å². The van der Waals surface area contributed by atoms with Crippen LogP contribution >= 0.6 is 0 Å². The standard InChI is InChI=1S/C65H118O6/c1-4-7-10-13-16-19-22-24-26-27-28-29-30-31-32-33-34-35-36-37-38-39-40-42-43-46-49-52-55-58-64(67)70-61-62(60-69-63(66)57-54-51-48-45-21-18-15-12-9-6-3)71-65(68)59-56-53-50-47-44-41-25-23-20-17-14-11-8-5-2/h12,14-15,17,23,25,27-28,62H,4-11,13,16,18-22,24,26,29-61H2,1-3H3/b15-12-,17-14-,25-23-,28-27-. The van der Waals surface area contributed by atoms with E-state index in [0.717, 1.165) is 96.3 Å². The Labute approximate surface area is 441 Å². The Morgan fingerprint density at radius 2 is 0.549 bits per heavy atom. The first-order valence-corrected chi connectivity index (χ1v) is 31.1. The highest BCUT2D eigenvalue weighted by Crippen LogP contribution is 2.17. The van der Waals surface area contributed by atoms with Gasteiger partial charge in [-0.3, -0.25) is 14.4 Å². The minimum Gasteiger partial charge on any atom is -0.462 e. The van der Waals surface area contributed by atoms with Gasteiger partial charge >= 0.3 is 17.9 Å². The van der Waals surface area contributed by atoms with Crippen LogP contribution in [0.5, 0.6) is 0 Å². The van der Waals surface area contributed by atoms with Crippen LogP contribution in [0, 0.1) is 0 Å². The van der Waals surface area contributed by atoms with Crippen LogP contribution in [0.15, 0.2) is 48.6 Å². The molecule has 0 aliphatic heterocycles. The van der Waals surface area contributed by atoms with E-state index in [1.165, 1.54) is 193 Å². The van der Waals surface area contributed by atoms with Crippen molar-refractivity contribution in [2.45, 2.75) is 335 Å². The summed E-state index contributed by atoms with van der Waals surface area (Å²) in [6.45, 7) is 6.55. The molecule has 0 spiro atoms. The molecule has 0 saturated carbocycles. The Kier molecular flexibility index (Phi) is 57.7. The average Bonchev–Trinajstić information content (AvgIpc) is 3.37. The monoisotopic (exact) mass is 995 g/mol. The van der Waals surface area contributed by atoms with Gasteiger partial charge in [0.1, 0.15) is 13.2 Å². The maximum absolute atomic E-state index is 12.8. The fourth-order valence-electron chi connectivity index (χ4n) is 9.05. The van der Waals surface area contributed by atoms with E-state index < -0.39 is 6.10 Å². The van der Waals surface area contributed by atoms with Gasteiger partial charge in [0, 0.05) is 19.3 Å². The molecule has 1 unspecified atom stereocenters. The zero-order valence-electron chi connectivity index (χ0n) is 47.5. The molecule has 0 heterocycles. The summed E-state index contributed by atoms with van der Waals surface area (Å²) in [4.78, 5) is 38.1. The van der Waals surface area contributed by atoms with Gasteiger partial charge in [-0.25, -0.2) is 0 Å². The molecule has 0 radical (unpaired) electrons. The summed E-state index contributed by atoms with van der Waals surface area (Å²) >= 11 is 0. The molecule has 0 aliphatic rings. The predicted molar refractivity (Wildman–Crippen MR) is 307 cm³/mol. The summed E-state index contributed by atoms with van der Waals surface area (Å²) in [5.74, 6) is -0.891. The Hall–Kier alpha value is -2.63. The molecule has 71 heavy (non-hydrogen) atoms. The number of hydrogen-bond acceptors (Lipinski definition) is 6. The molecule has 0 rings (SSSR count). The third-order valence-electron chi connectivity index (χ3n) is 13.8. The number of carbonyl (C=O) groups is 3. The first-order chi connectivity index (χ1) is 35.0. The molecule has 0 saturated heterocycles. The van der Waals surface area contributed by atoms with Gasteiger partial charge < -0.3 is 14.2 Å². The number of rotatable bonds is 57. The van der Waals surface area contributed by atoms with Crippen molar-refractivity contribution < 1.29 is 28.6 Å². The Morgan fingerprint density at radius 1 is 0.282 bits per heavy atom. The van der Waals surface area contributed by atoms with Crippen LogP contribution in [0.4, 0.5) is 0 Å². The lowest BCUT2D eigenvalue weighted by Crippen LogP contribution is -2.30. The van der Waals surface area contributed by atoms with Crippen LogP contribution < -0.4 is 0 Å². The van der Waals surface area contributed by atoms with E-state index in [4.69, 9.17) is 14.2 Å². The van der Waals surface area contributed by atoms with Crippen molar-refractivity contribution in [1.82, 2.24) is 0 Å². The molecule has 0 fully saturated rings. The molecular formula is C65H118O6. The average molecular weight is 996 g/mol. The second-order valence-corrected chi connectivity index (χ2v) is 21.0. The third kappa shape index (κ3) is 58.1. The molecule has 414 valence electrons. The van der Waals surface area contributed by atoms with E-state index in [-0.39, 0.29) is 31.1 Å². The van der Waals surface area contributed by atoms with Crippen LogP contribution in [-0.4, -0.2) is 37.2 Å². The highest BCUT2D eigenvalue weighted by atomic mass is 16.6. The molecule has 1 atom stereocenters. The van der Waals surface area contributed by atoms with E-state index >= 15 is 0 Å². The molecule has 0 amide bonds. The normalized spacial score (nSPS) is 12.3. The minimum atomic E-state index is -0.781. The van der Waals surface area contributed by atoms with Gasteiger partial charge in [-0.1, -0.05) is 268 Å². The van der Waals surface area contributed by atoms with Crippen molar-refractivity contribution in [2.75, 3.05) is 13.2 Å². The number of allylic oxidation sites excluding steroid dienone is 8. The molecular weight excluding hydrogens is 877 g/mol. The highest BCUT2D eigenvalue weighted by Gasteiger charge is 2.19. The number of carbonyl (C=O) groups excluding carboxylic acids is 3. The van der Waals surface area contributed by atoms with Crippen LogP contribution in [0.25, 0.3) is 0 Å². The SMILES string of the molecule is CCC/C=C\CCCCCCCC(=O)OCC(COC(=O)CCCCCCCCCCCCCCCCCCC/C=C\CCCCCCCCCC)OC(=O)CCCCCCC/C=C\C/C=C\CCCC. The van der Waals surface area contributed by atoms with Gasteiger partial charge in [-0.15, -0.1) is 0 Å². The van der Waals surface area contributed by atoms with E-state index in [9.17, 15) is 14.4 Å². The smallest absolute Gasteiger partial charge is 0.306 e. The Balaban J connectivity index is 4.10. The number of esters is 3. The van der Waals surface area contributed by atoms with Crippen molar-refractivity contribution in [3.8, 4) is 0 Å². The highest BCUT2D eigenvalue weighted by molar-refractivity contribution is 5.71. The second-order valence-electron chi connectivity index (χ2n) is 21.0. The van der Waals surface area contributed by atoms with Crippen molar-refractivity contribution >= 4 is 17.9 Å². The maximum Gasteiger partial charge on any atom is 0.306 e. The van der Waals surface area contributed by atoms with Crippen LogP contribution in [0.1, 0.15) is 329 Å². The molecule has 0 N–H and O–H groups in total. The van der Waals surface area contributed by atoms with Gasteiger partial charge in [0.15, 0.2) is 6.10 Å². The lowest BCUT2D eigenvalue weighted by Gasteiger charge is -2.18. The van der Waals surface area contributed by atoms with Gasteiger partial charge in [0.2, 0.25) is 0 Å². The molecule has 6 heteroatoms. The molecule has 0 aromatic carbocycles. The molecule has 6 nitrogen and oxygen atoms in total. The largest absolute Gasteiger partial charge is 0.462 e. The van der Waals surface area contributed by atoms with Gasteiger partial charge in [0.05, 0.1) is 0 Å². The number of ether oxygens (including phenoxy) is 3. The van der Waals surface area contributed by atoms with Gasteiger partial charge in [-0.05, 0) is 89.9 Å². The second kappa shape index (κ2) is 59.9. The van der Waals surface area contributed by atoms with Crippen molar-refractivity contribution in [1.29, 1.82) is 0 Å². The first-order valence-electron chi connectivity index (χ1n) is 31.1. The minimum absolute atomic E-state index is 0.0790. The summed E-state index contributed by atoms with van der Waals surface area (Å²) < 4.78 is 16.8. The molecule has 0 bridgehead atoms. The molecule has 0 aromatic rings. The maximum atomic E-state index is 12.8. The number of hydrogen-bond donors (Lipinski definition) is 0. The first kappa shape index (κ1) is 68.4. The molecule has 0 aliphatic carbocycles. The zero-order valence-corrected chi connectivity index (χ0v) is 47.5. The van der Waals surface area contributed by atoms with Crippen LogP contribution in [-0.2, 0) is 28.6 Å². The van der Waals surface area contributed by atoms with E-state index in [1.54, 1.807) is 0 Å². The number of unbranched alkanes of at least 4 members (excludes halogenated alkanes) is 38. The van der Waals surface area contributed by atoms with Gasteiger partial charge in [0.25, 0.3) is 0 Å². The lowest BCUT2D eigenvalue weighted by atomic mass is 10.0. The fourth-order valence-corrected chi connectivity index (χ4v) is 9.05. The topological polar surface area (TPSA) is 78.9 Å². The Bertz CT molecular complexity index is 1230. The van der Waals surface area contributed by atoms with E-state index in [1.807, 2.05) is 0 Å².